The minimum Gasteiger partial charge on any atom is -0.468 e. The van der Waals surface area contributed by atoms with Gasteiger partial charge in [-0.25, -0.2) is 0 Å². The maximum Gasteiger partial charge on any atom is 0.391 e. The first-order valence-corrected chi connectivity index (χ1v) is 6.34. The second-order valence-electron chi connectivity index (χ2n) is 5.01. The molecule has 7 heteroatoms. The number of hydrogen-bond donors (Lipinski definition) is 2. The molecule has 0 bridgehead atoms. The highest BCUT2D eigenvalue weighted by Crippen LogP contribution is 2.37. The van der Waals surface area contributed by atoms with Crippen LogP contribution in [0.1, 0.15) is 32.6 Å². The fourth-order valence-corrected chi connectivity index (χ4v) is 2.42. The molecule has 19 heavy (non-hydrogen) atoms. The lowest BCUT2D eigenvalue weighted by Gasteiger charge is -2.33. The van der Waals surface area contributed by atoms with Crippen LogP contribution in [0.3, 0.4) is 0 Å². The zero-order valence-electron chi connectivity index (χ0n) is 11.0. The minimum atomic E-state index is -4.20. The van der Waals surface area contributed by atoms with E-state index < -0.39 is 36.3 Å². The summed E-state index contributed by atoms with van der Waals surface area (Å²) in [7, 11) is 1.18. The van der Waals surface area contributed by atoms with Crippen molar-refractivity contribution < 1.29 is 27.8 Å². The minimum absolute atomic E-state index is 0.0658. The Labute approximate surface area is 110 Å². The first-order valence-electron chi connectivity index (χ1n) is 6.34. The van der Waals surface area contributed by atoms with Gasteiger partial charge in [-0.05, 0) is 26.2 Å². The normalized spacial score (nSPS) is 27.7. The topological polar surface area (TPSA) is 58.6 Å². The fourth-order valence-electron chi connectivity index (χ4n) is 2.42. The standard InChI is InChI=1S/C12H20F3NO3/c1-7(17)10(11(18)19-2)16-9-5-3-4-8(6-9)12(13,14)15/h7-10,16-17H,3-6H2,1-2H3. The molecule has 0 radical (unpaired) electrons. The van der Waals surface area contributed by atoms with Gasteiger partial charge in [0.25, 0.3) is 0 Å². The number of hydrogen-bond acceptors (Lipinski definition) is 4. The molecule has 0 aromatic heterocycles. The molecule has 0 aromatic carbocycles. The average molecular weight is 283 g/mol. The molecular weight excluding hydrogens is 263 g/mol. The molecule has 0 saturated heterocycles. The van der Waals surface area contributed by atoms with Gasteiger partial charge in [-0.1, -0.05) is 6.42 Å². The van der Waals surface area contributed by atoms with Crippen LogP contribution in [-0.4, -0.2) is 42.5 Å². The molecule has 0 aromatic rings. The number of carbonyl (C=O) groups excluding carboxylic acids is 1. The monoisotopic (exact) mass is 283 g/mol. The summed E-state index contributed by atoms with van der Waals surface area (Å²) in [5, 5.41) is 12.3. The number of ether oxygens (including phenoxy) is 1. The Bertz CT molecular complexity index is 307. The van der Waals surface area contributed by atoms with Gasteiger partial charge in [0.15, 0.2) is 0 Å². The van der Waals surface area contributed by atoms with Crippen LogP contribution < -0.4 is 5.32 Å². The summed E-state index contributed by atoms with van der Waals surface area (Å²) in [6.07, 6.45) is -4.14. The molecule has 0 spiro atoms. The van der Waals surface area contributed by atoms with E-state index in [9.17, 15) is 23.1 Å². The molecule has 4 nitrogen and oxygen atoms in total. The quantitative estimate of drug-likeness (QED) is 0.770. The number of carbonyl (C=O) groups is 1. The summed E-state index contributed by atoms with van der Waals surface area (Å²) in [6, 6.07) is -1.42. The first-order chi connectivity index (χ1) is 8.75. The summed E-state index contributed by atoms with van der Waals surface area (Å²) in [6.45, 7) is 1.40. The Morgan fingerprint density at radius 3 is 2.53 bits per heavy atom. The average Bonchev–Trinajstić information content (AvgIpc) is 2.34. The van der Waals surface area contributed by atoms with Crippen molar-refractivity contribution in [2.45, 2.75) is 57.0 Å². The molecular formula is C12H20F3NO3. The SMILES string of the molecule is COC(=O)C(NC1CCCC(C(F)(F)F)C1)C(C)O. The number of rotatable bonds is 4. The molecule has 4 atom stereocenters. The number of halogens is 3. The number of aliphatic hydroxyl groups is 1. The molecule has 1 saturated carbocycles. The number of nitrogens with one attached hydrogen (secondary N) is 1. The van der Waals surface area contributed by atoms with Crippen LogP contribution in [-0.2, 0) is 9.53 Å². The Balaban J connectivity index is 2.62. The van der Waals surface area contributed by atoms with Gasteiger partial charge in [0, 0.05) is 6.04 Å². The number of alkyl halides is 3. The van der Waals surface area contributed by atoms with Gasteiger partial charge in [-0.2, -0.15) is 13.2 Å². The van der Waals surface area contributed by atoms with Crippen LogP contribution in [0.4, 0.5) is 13.2 Å². The number of esters is 1. The van der Waals surface area contributed by atoms with Gasteiger partial charge in [0.05, 0.1) is 19.1 Å². The van der Waals surface area contributed by atoms with Crippen molar-refractivity contribution in [1.29, 1.82) is 0 Å². The van der Waals surface area contributed by atoms with E-state index in [0.717, 1.165) is 0 Å². The van der Waals surface area contributed by atoms with Crippen LogP contribution in [0.5, 0.6) is 0 Å². The highest BCUT2D eigenvalue weighted by molar-refractivity contribution is 5.76. The van der Waals surface area contributed by atoms with Gasteiger partial charge in [-0.3, -0.25) is 10.1 Å². The lowest BCUT2D eigenvalue weighted by molar-refractivity contribution is -0.184. The number of aliphatic hydroxyl groups excluding tert-OH is 1. The molecule has 0 heterocycles. The molecule has 0 aliphatic heterocycles. The largest absolute Gasteiger partial charge is 0.468 e. The Kier molecular flexibility index (Phi) is 5.61. The molecule has 1 fully saturated rings. The van der Waals surface area contributed by atoms with E-state index in [1.807, 2.05) is 0 Å². The van der Waals surface area contributed by atoms with E-state index in [4.69, 9.17) is 0 Å². The van der Waals surface area contributed by atoms with Crippen molar-refractivity contribution in [3.8, 4) is 0 Å². The molecule has 112 valence electrons. The van der Waals surface area contributed by atoms with Crippen molar-refractivity contribution in [1.82, 2.24) is 5.32 Å². The van der Waals surface area contributed by atoms with Crippen molar-refractivity contribution >= 4 is 5.97 Å². The zero-order chi connectivity index (χ0) is 14.6. The second-order valence-corrected chi connectivity index (χ2v) is 5.01. The van der Waals surface area contributed by atoms with Crippen LogP contribution >= 0.6 is 0 Å². The second kappa shape index (κ2) is 6.56. The zero-order valence-corrected chi connectivity index (χ0v) is 11.0. The van der Waals surface area contributed by atoms with Gasteiger partial charge < -0.3 is 9.84 Å². The van der Waals surface area contributed by atoms with Crippen molar-refractivity contribution in [2.75, 3.05) is 7.11 Å². The van der Waals surface area contributed by atoms with E-state index in [2.05, 4.69) is 10.1 Å². The van der Waals surface area contributed by atoms with Gasteiger partial charge in [-0.15, -0.1) is 0 Å². The highest BCUT2D eigenvalue weighted by Gasteiger charge is 2.43. The summed E-state index contributed by atoms with van der Waals surface area (Å²) < 4.78 is 42.5. The van der Waals surface area contributed by atoms with Gasteiger partial charge in [0.1, 0.15) is 6.04 Å². The predicted octanol–water partition coefficient (Wildman–Crippen LogP) is 1.62. The Morgan fingerprint density at radius 1 is 1.42 bits per heavy atom. The van der Waals surface area contributed by atoms with Crippen LogP contribution in [0.25, 0.3) is 0 Å². The summed E-state index contributed by atoms with van der Waals surface area (Å²) in [4.78, 5) is 11.4. The fraction of sp³-hybridized carbons (Fsp3) is 0.917. The lowest BCUT2D eigenvalue weighted by atomic mass is 9.85. The third kappa shape index (κ3) is 4.65. The Hall–Kier alpha value is -0.820. The summed E-state index contributed by atoms with van der Waals surface area (Å²) >= 11 is 0. The molecule has 2 N–H and O–H groups in total. The van der Waals surface area contributed by atoms with Crippen LogP contribution in [0.2, 0.25) is 0 Å². The third-order valence-electron chi connectivity index (χ3n) is 3.49. The maximum absolute atomic E-state index is 12.7. The van der Waals surface area contributed by atoms with Crippen LogP contribution in [0.15, 0.2) is 0 Å². The highest BCUT2D eigenvalue weighted by atomic mass is 19.4. The lowest BCUT2D eigenvalue weighted by Crippen LogP contribution is -2.51. The molecule has 1 rings (SSSR count). The molecule has 1 aliphatic carbocycles. The summed E-state index contributed by atoms with van der Waals surface area (Å²) in [5.41, 5.74) is 0. The van der Waals surface area contributed by atoms with Gasteiger partial charge in [0.2, 0.25) is 0 Å². The van der Waals surface area contributed by atoms with Crippen molar-refractivity contribution in [3.05, 3.63) is 0 Å². The maximum atomic E-state index is 12.7. The third-order valence-corrected chi connectivity index (χ3v) is 3.49. The van der Waals surface area contributed by atoms with Crippen LogP contribution in [0, 0.1) is 5.92 Å². The van der Waals surface area contributed by atoms with E-state index in [-0.39, 0.29) is 12.8 Å². The smallest absolute Gasteiger partial charge is 0.391 e. The van der Waals surface area contributed by atoms with E-state index in [1.165, 1.54) is 14.0 Å². The van der Waals surface area contributed by atoms with Gasteiger partial charge >= 0.3 is 12.1 Å². The van der Waals surface area contributed by atoms with E-state index in [1.54, 1.807) is 0 Å². The molecule has 0 amide bonds. The van der Waals surface area contributed by atoms with E-state index in [0.29, 0.717) is 12.8 Å². The van der Waals surface area contributed by atoms with E-state index >= 15 is 0 Å². The molecule has 1 aliphatic rings. The predicted molar refractivity (Wildman–Crippen MR) is 62.4 cm³/mol. The van der Waals surface area contributed by atoms with Crippen molar-refractivity contribution in [2.24, 2.45) is 5.92 Å². The molecule has 4 unspecified atom stereocenters. The number of methoxy groups -OCH3 is 1. The van der Waals surface area contributed by atoms with Crippen molar-refractivity contribution in [3.63, 3.8) is 0 Å². The Morgan fingerprint density at radius 2 is 2.05 bits per heavy atom. The summed E-state index contributed by atoms with van der Waals surface area (Å²) in [5.74, 6) is -2.00. The first kappa shape index (κ1) is 16.2.